The van der Waals surface area contributed by atoms with E-state index in [-0.39, 0.29) is 0 Å². The maximum absolute atomic E-state index is 5.54. The Morgan fingerprint density at radius 3 is 3.14 bits per heavy atom. The second-order valence-corrected chi connectivity index (χ2v) is 6.34. The molecule has 4 nitrogen and oxygen atoms in total. The number of fused-ring (bicyclic) bond motifs is 1. The van der Waals surface area contributed by atoms with Crippen LogP contribution in [0.4, 0.5) is 0 Å². The smallest absolute Gasteiger partial charge is 0.147 e. The Balaban J connectivity index is 1.59. The lowest BCUT2D eigenvalue weighted by atomic mass is 10.1. The third kappa shape index (κ3) is 3.60. The molecule has 1 aliphatic heterocycles. The number of aryl methyl sites for hydroxylation is 1. The zero-order chi connectivity index (χ0) is 14.5. The van der Waals surface area contributed by atoms with E-state index in [2.05, 4.69) is 34.6 Å². The number of hydrogen-bond donors (Lipinski definition) is 1. The molecule has 0 aliphatic carbocycles. The fourth-order valence-corrected chi connectivity index (χ4v) is 3.33. The van der Waals surface area contributed by atoms with Gasteiger partial charge in [-0.1, -0.05) is 18.3 Å². The van der Waals surface area contributed by atoms with E-state index in [1.807, 2.05) is 6.07 Å². The molecule has 112 valence electrons. The molecule has 1 aliphatic rings. The van der Waals surface area contributed by atoms with Gasteiger partial charge in [0.25, 0.3) is 0 Å². The van der Waals surface area contributed by atoms with Gasteiger partial charge in [-0.15, -0.1) is 10.2 Å². The Morgan fingerprint density at radius 1 is 1.29 bits per heavy atom. The summed E-state index contributed by atoms with van der Waals surface area (Å²) in [4.78, 5) is 0. The largest absolute Gasteiger partial charge is 0.493 e. The third-order valence-electron chi connectivity index (χ3n) is 3.57. The molecule has 0 saturated heterocycles. The lowest BCUT2D eigenvalue weighted by Crippen LogP contribution is -2.16. The summed E-state index contributed by atoms with van der Waals surface area (Å²) in [5.74, 6) is 1.02. The zero-order valence-corrected chi connectivity index (χ0v) is 13.2. The molecule has 3 rings (SSSR count). The second kappa shape index (κ2) is 7.00. The van der Waals surface area contributed by atoms with Crippen molar-refractivity contribution in [2.75, 3.05) is 19.7 Å². The molecule has 0 amide bonds. The van der Waals surface area contributed by atoms with Crippen LogP contribution in [0.25, 0.3) is 10.6 Å². The monoisotopic (exact) mass is 303 g/mol. The minimum absolute atomic E-state index is 0.797. The molecule has 5 heteroatoms. The van der Waals surface area contributed by atoms with Gasteiger partial charge in [-0.3, -0.25) is 0 Å². The first-order valence-corrected chi connectivity index (χ1v) is 8.47. The van der Waals surface area contributed by atoms with Crippen molar-refractivity contribution in [3.05, 3.63) is 28.8 Å². The number of hydrogen-bond acceptors (Lipinski definition) is 5. The molecule has 0 atom stereocenters. The average molecular weight is 303 g/mol. The van der Waals surface area contributed by atoms with Crippen LogP contribution in [-0.4, -0.2) is 29.9 Å². The normalized spacial score (nSPS) is 13.2. The van der Waals surface area contributed by atoms with Gasteiger partial charge in [0.15, 0.2) is 0 Å². The van der Waals surface area contributed by atoms with Crippen molar-refractivity contribution >= 4 is 11.3 Å². The van der Waals surface area contributed by atoms with E-state index in [1.165, 1.54) is 12.0 Å². The van der Waals surface area contributed by atoms with E-state index in [0.717, 1.165) is 60.3 Å². The van der Waals surface area contributed by atoms with Crippen molar-refractivity contribution < 1.29 is 4.74 Å². The van der Waals surface area contributed by atoms with Crippen LogP contribution in [0.1, 0.15) is 30.3 Å². The second-order valence-electron chi connectivity index (χ2n) is 5.28. The van der Waals surface area contributed by atoms with Crippen molar-refractivity contribution in [1.29, 1.82) is 0 Å². The molecule has 0 bridgehead atoms. The summed E-state index contributed by atoms with van der Waals surface area (Å²) in [5.41, 5.74) is 2.44. The molecule has 1 aromatic carbocycles. The summed E-state index contributed by atoms with van der Waals surface area (Å²) in [6.45, 7) is 5.13. The topological polar surface area (TPSA) is 47.0 Å². The number of benzene rings is 1. The predicted octanol–water partition coefficient (Wildman–Crippen LogP) is 3.07. The molecule has 0 radical (unpaired) electrons. The maximum Gasteiger partial charge on any atom is 0.147 e. The van der Waals surface area contributed by atoms with Crippen molar-refractivity contribution in [1.82, 2.24) is 15.5 Å². The fraction of sp³-hybridized carbons (Fsp3) is 0.500. The summed E-state index contributed by atoms with van der Waals surface area (Å²) >= 11 is 1.70. The molecular weight excluding hydrogens is 282 g/mol. The van der Waals surface area contributed by atoms with E-state index in [1.54, 1.807) is 11.3 Å². The van der Waals surface area contributed by atoms with Crippen LogP contribution in [0.15, 0.2) is 18.2 Å². The van der Waals surface area contributed by atoms with E-state index in [0.29, 0.717) is 0 Å². The average Bonchev–Trinajstić information content (AvgIpc) is 3.15. The van der Waals surface area contributed by atoms with Crippen molar-refractivity contribution in [2.24, 2.45) is 0 Å². The highest BCUT2D eigenvalue weighted by Crippen LogP contribution is 2.31. The van der Waals surface area contributed by atoms with Gasteiger partial charge in [0.05, 0.1) is 6.61 Å². The van der Waals surface area contributed by atoms with Gasteiger partial charge in [0.2, 0.25) is 0 Å². The maximum atomic E-state index is 5.54. The molecule has 2 heterocycles. The SMILES string of the molecule is CCCNCCCc1nnc(-c2ccc3c(c2)CCO3)s1. The summed E-state index contributed by atoms with van der Waals surface area (Å²) < 4.78 is 5.54. The van der Waals surface area contributed by atoms with Crippen LogP contribution < -0.4 is 10.1 Å². The standard InChI is InChI=1S/C16H21N3OS/c1-2-8-17-9-3-4-15-18-19-16(21-15)13-5-6-14-12(11-13)7-10-20-14/h5-6,11,17H,2-4,7-10H2,1H3. The fourth-order valence-electron chi connectivity index (χ4n) is 2.46. The van der Waals surface area contributed by atoms with Crippen molar-refractivity contribution in [3.63, 3.8) is 0 Å². The Bertz CT molecular complexity index is 597. The number of ether oxygens (including phenoxy) is 1. The van der Waals surface area contributed by atoms with Crippen LogP contribution in [0.2, 0.25) is 0 Å². The zero-order valence-electron chi connectivity index (χ0n) is 12.4. The Kier molecular flexibility index (Phi) is 4.83. The van der Waals surface area contributed by atoms with Crippen LogP contribution in [0, 0.1) is 0 Å². The van der Waals surface area contributed by atoms with Gasteiger partial charge in [-0.25, -0.2) is 0 Å². The lowest BCUT2D eigenvalue weighted by molar-refractivity contribution is 0.357. The lowest BCUT2D eigenvalue weighted by Gasteiger charge is -2.00. The molecule has 2 aromatic rings. The minimum Gasteiger partial charge on any atom is -0.493 e. The summed E-state index contributed by atoms with van der Waals surface area (Å²) in [5, 5.41) is 14.2. The van der Waals surface area contributed by atoms with Gasteiger partial charge in [-0.05, 0) is 49.7 Å². The van der Waals surface area contributed by atoms with E-state index >= 15 is 0 Å². The molecular formula is C16H21N3OS. The van der Waals surface area contributed by atoms with Crippen LogP contribution in [-0.2, 0) is 12.8 Å². The van der Waals surface area contributed by atoms with Gasteiger partial charge >= 0.3 is 0 Å². The predicted molar refractivity (Wildman–Crippen MR) is 86.0 cm³/mol. The van der Waals surface area contributed by atoms with E-state index in [4.69, 9.17) is 4.74 Å². The Hall–Kier alpha value is -1.46. The highest BCUT2D eigenvalue weighted by Gasteiger charge is 2.14. The number of rotatable bonds is 7. The molecule has 21 heavy (non-hydrogen) atoms. The first kappa shape index (κ1) is 14.5. The van der Waals surface area contributed by atoms with E-state index in [9.17, 15) is 0 Å². The van der Waals surface area contributed by atoms with Crippen molar-refractivity contribution in [2.45, 2.75) is 32.6 Å². The number of nitrogens with zero attached hydrogens (tertiary/aromatic N) is 2. The Morgan fingerprint density at radius 2 is 2.24 bits per heavy atom. The van der Waals surface area contributed by atoms with Crippen LogP contribution in [0.3, 0.4) is 0 Å². The van der Waals surface area contributed by atoms with Gasteiger partial charge in [-0.2, -0.15) is 0 Å². The van der Waals surface area contributed by atoms with Gasteiger partial charge in [0, 0.05) is 18.4 Å². The van der Waals surface area contributed by atoms with Crippen molar-refractivity contribution in [3.8, 4) is 16.3 Å². The summed E-state index contributed by atoms with van der Waals surface area (Å²) in [6, 6.07) is 6.32. The minimum atomic E-state index is 0.797. The summed E-state index contributed by atoms with van der Waals surface area (Å²) in [7, 11) is 0. The number of aromatic nitrogens is 2. The Labute approximate surface area is 129 Å². The van der Waals surface area contributed by atoms with Gasteiger partial charge < -0.3 is 10.1 Å². The molecule has 1 aromatic heterocycles. The van der Waals surface area contributed by atoms with Crippen LogP contribution >= 0.6 is 11.3 Å². The molecule has 0 spiro atoms. The molecule has 0 fully saturated rings. The molecule has 0 unspecified atom stereocenters. The third-order valence-corrected chi connectivity index (χ3v) is 4.61. The highest BCUT2D eigenvalue weighted by atomic mass is 32.1. The first-order chi connectivity index (χ1) is 10.4. The summed E-state index contributed by atoms with van der Waals surface area (Å²) in [6.07, 6.45) is 4.30. The molecule has 0 saturated carbocycles. The van der Waals surface area contributed by atoms with E-state index < -0.39 is 0 Å². The first-order valence-electron chi connectivity index (χ1n) is 7.66. The quantitative estimate of drug-likeness (QED) is 0.799. The van der Waals surface area contributed by atoms with Gasteiger partial charge in [0.1, 0.15) is 15.8 Å². The molecule has 1 N–H and O–H groups in total. The van der Waals surface area contributed by atoms with Crippen LogP contribution in [0.5, 0.6) is 5.75 Å². The number of nitrogens with one attached hydrogen (secondary N) is 1. The highest BCUT2D eigenvalue weighted by molar-refractivity contribution is 7.14.